The summed E-state index contributed by atoms with van der Waals surface area (Å²) in [6.07, 6.45) is 1.59. The SMILES string of the molecule is CCOc1ccc(NC(=O)C2CCN(c3ccc(-c4cccc(C)c4)nn3)CC2)cc1. The van der Waals surface area contributed by atoms with Crippen molar-refractivity contribution in [2.75, 3.05) is 29.9 Å². The Hall–Kier alpha value is -3.41. The Balaban J connectivity index is 1.31. The maximum atomic E-state index is 12.7. The fraction of sp³-hybridized carbons (Fsp3) is 0.320. The molecule has 2 aromatic carbocycles. The van der Waals surface area contributed by atoms with Crippen LogP contribution in [0.4, 0.5) is 11.5 Å². The molecular weight excluding hydrogens is 388 g/mol. The second-order valence-corrected chi connectivity index (χ2v) is 7.85. The summed E-state index contributed by atoms with van der Waals surface area (Å²) in [5.74, 6) is 1.75. The molecule has 6 heteroatoms. The maximum absolute atomic E-state index is 12.7. The molecule has 0 bridgehead atoms. The zero-order valence-corrected chi connectivity index (χ0v) is 18.0. The molecule has 0 radical (unpaired) electrons. The van der Waals surface area contributed by atoms with Gasteiger partial charge in [-0.3, -0.25) is 4.79 Å². The van der Waals surface area contributed by atoms with Gasteiger partial charge in [-0.2, -0.15) is 0 Å². The van der Waals surface area contributed by atoms with Crippen molar-refractivity contribution in [3.05, 3.63) is 66.2 Å². The third-order valence-corrected chi connectivity index (χ3v) is 5.59. The Morgan fingerprint density at radius 3 is 2.48 bits per heavy atom. The van der Waals surface area contributed by atoms with Crippen LogP contribution in [0.2, 0.25) is 0 Å². The van der Waals surface area contributed by atoms with Crippen LogP contribution in [-0.2, 0) is 4.79 Å². The van der Waals surface area contributed by atoms with Crippen molar-refractivity contribution in [1.82, 2.24) is 10.2 Å². The number of anilines is 2. The van der Waals surface area contributed by atoms with Gasteiger partial charge >= 0.3 is 0 Å². The number of nitrogens with zero attached hydrogens (tertiary/aromatic N) is 3. The van der Waals surface area contributed by atoms with E-state index in [2.05, 4.69) is 39.5 Å². The third-order valence-electron chi connectivity index (χ3n) is 5.59. The lowest BCUT2D eigenvalue weighted by atomic mass is 9.95. The van der Waals surface area contributed by atoms with E-state index >= 15 is 0 Å². The molecule has 1 aliphatic rings. The van der Waals surface area contributed by atoms with E-state index in [1.54, 1.807) is 0 Å². The summed E-state index contributed by atoms with van der Waals surface area (Å²) >= 11 is 0. The number of benzene rings is 2. The molecule has 0 atom stereocenters. The molecule has 31 heavy (non-hydrogen) atoms. The van der Waals surface area contributed by atoms with Crippen molar-refractivity contribution < 1.29 is 9.53 Å². The number of aromatic nitrogens is 2. The molecule has 1 aliphatic heterocycles. The zero-order valence-electron chi connectivity index (χ0n) is 18.0. The Bertz CT molecular complexity index is 1010. The molecule has 1 aromatic heterocycles. The van der Waals surface area contributed by atoms with Gasteiger partial charge in [0.05, 0.1) is 12.3 Å². The highest BCUT2D eigenvalue weighted by atomic mass is 16.5. The molecule has 6 nitrogen and oxygen atoms in total. The second kappa shape index (κ2) is 9.60. The molecular formula is C25H28N4O2. The number of rotatable bonds is 6. The van der Waals surface area contributed by atoms with Crippen LogP contribution in [-0.4, -0.2) is 35.8 Å². The minimum absolute atomic E-state index is 0.00217. The molecule has 1 N–H and O–H groups in total. The lowest BCUT2D eigenvalue weighted by Crippen LogP contribution is -2.38. The van der Waals surface area contributed by atoms with Crippen LogP contribution in [0, 0.1) is 12.8 Å². The fourth-order valence-corrected chi connectivity index (χ4v) is 3.87. The molecule has 3 aromatic rings. The maximum Gasteiger partial charge on any atom is 0.227 e. The summed E-state index contributed by atoms with van der Waals surface area (Å²) < 4.78 is 5.44. The Labute approximate surface area is 183 Å². The van der Waals surface area contributed by atoms with E-state index in [4.69, 9.17) is 4.74 Å². The van der Waals surface area contributed by atoms with Crippen LogP contribution in [0.3, 0.4) is 0 Å². The average molecular weight is 417 g/mol. The summed E-state index contributed by atoms with van der Waals surface area (Å²) in [5, 5.41) is 11.9. The Morgan fingerprint density at radius 1 is 1.06 bits per heavy atom. The van der Waals surface area contributed by atoms with Gasteiger partial charge in [-0.05, 0) is 69.2 Å². The van der Waals surface area contributed by atoms with Gasteiger partial charge in [-0.25, -0.2) is 0 Å². The van der Waals surface area contributed by atoms with Gasteiger partial charge in [0.15, 0.2) is 5.82 Å². The molecule has 2 heterocycles. The first-order valence-corrected chi connectivity index (χ1v) is 10.8. The van der Waals surface area contributed by atoms with E-state index < -0.39 is 0 Å². The van der Waals surface area contributed by atoms with Gasteiger partial charge in [-0.15, -0.1) is 10.2 Å². The number of carbonyl (C=O) groups is 1. The minimum Gasteiger partial charge on any atom is -0.494 e. The largest absolute Gasteiger partial charge is 0.494 e. The number of nitrogens with one attached hydrogen (secondary N) is 1. The predicted molar refractivity (Wildman–Crippen MR) is 123 cm³/mol. The Morgan fingerprint density at radius 2 is 1.84 bits per heavy atom. The van der Waals surface area contributed by atoms with Crippen LogP contribution in [0.5, 0.6) is 5.75 Å². The van der Waals surface area contributed by atoms with E-state index in [0.717, 1.165) is 54.4 Å². The van der Waals surface area contributed by atoms with Crippen LogP contribution in [0.25, 0.3) is 11.3 Å². The van der Waals surface area contributed by atoms with Crippen LogP contribution < -0.4 is 15.0 Å². The monoisotopic (exact) mass is 416 g/mol. The lowest BCUT2D eigenvalue weighted by molar-refractivity contribution is -0.120. The summed E-state index contributed by atoms with van der Waals surface area (Å²) in [6.45, 7) is 6.23. The first-order valence-electron chi connectivity index (χ1n) is 10.8. The topological polar surface area (TPSA) is 67.3 Å². The van der Waals surface area contributed by atoms with E-state index in [-0.39, 0.29) is 11.8 Å². The van der Waals surface area contributed by atoms with Gasteiger partial charge in [0.2, 0.25) is 5.91 Å². The minimum atomic E-state index is 0.00217. The fourth-order valence-electron chi connectivity index (χ4n) is 3.87. The number of aryl methyl sites for hydroxylation is 1. The second-order valence-electron chi connectivity index (χ2n) is 7.85. The van der Waals surface area contributed by atoms with E-state index in [1.807, 2.05) is 55.5 Å². The number of carbonyl (C=O) groups excluding carboxylic acids is 1. The molecule has 160 valence electrons. The summed E-state index contributed by atoms with van der Waals surface area (Å²) in [7, 11) is 0. The molecule has 1 saturated heterocycles. The molecule has 1 amide bonds. The standard InChI is InChI=1S/C25H28N4O2/c1-3-31-22-9-7-21(8-10-22)26-25(30)19-13-15-29(16-14-19)24-12-11-23(27-28-24)20-6-4-5-18(2)17-20/h4-12,17,19H,3,13-16H2,1-2H3,(H,26,30). The van der Waals surface area contributed by atoms with Crippen molar-refractivity contribution in [1.29, 1.82) is 0 Å². The smallest absolute Gasteiger partial charge is 0.227 e. The first-order chi connectivity index (χ1) is 15.1. The van der Waals surface area contributed by atoms with Crippen LogP contribution in [0.1, 0.15) is 25.3 Å². The van der Waals surface area contributed by atoms with Gasteiger partial charge in [0.1, 0.15) is 5.75 Å². The molecule has 0 saturated carbocycles. The summed E-state index contributed by atoms with van der Waals surface area (Å²) in [4.78, 5) is 14.9. The van der Waals surface area contributed by atoms with Gasteiger partial charge in [0, 0.05) is 30.3 Å². The number of hydrogen-bond donors (Lipinski definition) is 1. The normalized spacial score (nSPS) is 14.3. The van der Waals surface area contributed by atoms with Gasteiger partial charge in [0.25, 0.3) is 0 Å². The quantitative estimate of drug-likeness (QED) is 0.631. The third kappa shape index (κ3) is 5.20. The molecule has 0 spiro atoms. The number of ether oxygens (including phenoxy) is 1. The zero-order chi connectivity index (χ0) is 21.6. The lowest BCUT2D eigenvalue weighted by Gasteiger charge is -2.31. The Kier molecular flexibility index (Phi) is 6.46. The van der Waals surface area contributed by atoms with Crippen LogP contribution >= 0.6 is 0 Å². The summed E-state index contributed by atoms with van der Waals surface area (Å²) in [6, 6.07) is 19.8. The summed E-state index contributed by atoms with van der Waals surface area (Å²) in [5.41, 5.74) is 3.95. The molecule has 4 rings (SSSR count). The predicted octanol–water partition coefficient (Wildman–Crippen LogP) is 4.71. The highest BCUT2D eigenvalue weighted by Gasteiger charge is 2.26. The molecule has 0 unspecified atom stereocenters. The van der Waals surface area contributed by atoms with E-state index in [0.29, 0.717) is 6.61 Å². The van der Waals surface area contributed by atoms with Crippen molar-refractivity contribution >= 4 is 17.4 Å². The van der Waals surface area contributed by atoms with Crippen molar-refractivity contribution in [2.24, 2.45) is 5.92 Å². The van der Waals surface area contributed by atoms with Crippen molar-refractivity contribution in [2.45, 2.75) is 26.7 Å². The van der Waals surface area contributed by atoms with Crippen molar-refractivity contribution in [3.63, 3.8) is 0 Å². The highest BCUT2D eigenvalue weighted by molar-refractivity contribution is 5.92. The first kappa shape index (κ1) is 20.8. The van der Waals surface area contributed by atoms with E-state index in [9.17, 15) is 4.79 Å². The van der Waals surface area contributed by atoms with Gasteiger partial charge in [-0.1, -0.05) is 23.8 Å². The van der Waals surface area contributed by atoms with E-state index in [1.165, 1.54) is 5.56 Å². The van der Waals surface area contributed by atoms with Gasteiger partial charge < -0.3 is 15.0 Å². The number of amides is 1. The molecule has 1 fully saturated rings. The van der Waals surface area contributed by atoms with Crippen molar-refractivity contribution in [3.8, 4) is 17.0 Å². The number of hydrogen-bond acceptors (Lipinski definition) is 5. The number of piperidine rings is 1. The van der Waals surface area contributed by atoms with Crippen LogP contribution in [0.15, 0.2) is 60.7 Å². The molecule has 0 aliphatic carbocycles. The highest BCUT2D eigenvalue weighted by Crippen LogP contribution is 2.25. The average Bonchev–Trinajstić information content (AvgIpc) is 2.81.